The second-order valence-electron chi connectivity index (χ2n) is 6.46. The van der Waals surface area contributed by atoms with Crippen LogP contribution in [0.25, 0.3) is 0 Å². The van der Waals surface area contributed by atoms with E-state index in [1.54, 1.807) is 4.90 Å². The molecule has 1 aliphatic heterocycles. The highest BCUT2D eigenvalue weighted by atomic mass is 35.5. The summed E-state index contributed by atoms with van der Waals surface area (Å²) in [5.41, 5.74) is 1.90. The molecule has 1 aromatic heterocycles. The lowest BCUT2D eigenvalue weighted by atomic mass is 10.0. The average molecular weight is 408 g/mol. The van der Waals surface area contributed by atoms with Gasteiger partial charge in [-0.2, -0.15) is 0 Å². The van der Waals surface area contributed by atoms with E-state index in [2.05, 4.69) is 17.6 Å². The minimum Gasteiger partial charge on any atom is -0.326 e. The molecule has 0 spiro atoms. The Balaban J connectivity index is 0.00000261. The second-order valence-corrected chi connectivity index (χ2v) is 7.41. The molecule has 1 fully saturated rings. The van der Waals surface area contributed by atoms with E-state index >= 15 is 0 Å². The number of nitrogens with zero attached hydrogens (tertiary/aromatic N) is 1. The topological polar surface area (TPSA) is 61.4 Å². The van der Waals surface area contributed by atoms with Gasteiger partial charge in [0.15, 0.2) is 0 Å². The predicted molar refractivity (Wildman–Crippen MR) is 113 cm³/mol. The van der Waals surface area contributed by atoms with Gasteiger partial charge in [0.05, 0.1) is 4.88 Å². The summed E-state index contributed by atoms with van der Waals surface area (Å²) in [7, 11) is 0. The minimum atomic E-state index is -0.407. The molecule has 0 saturated carbocycles. The lowest BCUT2D eigenvalue weighted by Gasteiger charge is -2.34. The Kier molecular flexibility index (Phi) is 8.28. The highest BCUT2D eigenvalue weighted by Crippen LogP contribution is 2.23. The summed E-state index contributed by atoms with van der Waals surface area (Å²) in [6, 6.07) is 11.1. The molecule has 7 heteroatoms. The van der Waals surface area contributed by atoms with Crippen LogP contribution < -0.4 is 10.6 Å². The number of benzene rings is 1. The van der Waals surface area contributed by atoms with Gasteiger partial charge >= 0.3 is 0 Å². The van der Waals surface area contributed by atoms with E-state index in [4.69, 9.17) is 0 Å². The molecule has 1 aliphatic rings. The first-order valence-corrected chi connectivity index (χ1v) is 10.0. The SMILES string of the molecule is CCNCc1cccc(NC(=O)C2CCCCN2C(=O)c2cccs2)c1.Cl. The van der Waals surface area contributed by atoms with Gasteiger partial charge in [-0.1, -0.05) is 25.1 Å². The molecular weight excluding hydrogens is 382 g/mol. The third-order valence-corrected chi connectivity index (χ3v) is 5.43. The zero-order chi connectivity index (χ0) is 18.4. The fourth-order valence-electron chi connectivity index (χ4n) is 3.24. The van der Waals surface area contributed by atoms with Crippen LogP contribution >= 0.6 is 23.7 Å². The minimum absolute atomic E-state index is 0. The lowest BCUT2D eigenvalue weighted by Crippen LogP contribution is -2.49. The van der Waals surface area contributed by atoms with E-state index in [-0.39, 0.29) is 24.2 Å². The molecule has 2 N–H and O–H groups in total. The van der Waals surface area contributed by atoms with Gasteiger partial charge in [-0.25, -0.2) is 0 Å². The highest BCUT2D eigenvalue weighted by molar-refractivity contribution is 7.12. The fourth-order valence-corrected chi connectivity index (χ4v) is 3.92. The van der Waals surface area contributed by atoms with Gasteiger partial charge in [-0.3, -0.25) is 9.59 Å². The molecule has 5 nitrogen and oxygen atoms in total. The number of hydrogen-bond acceptors (Lipinski definition) is 4. The fraction of sp³-hybridized carbons (Fsp3) is 0.400. The van der Waals surface area contributed by atoms with E-state index in [1.165, 1.54) is 11.3 Å². The Labute approximate surface area is 170 Å². The predicted octanol–water partition coefficient (Wildman–Crippen LogP) is 3.91. The van der Waals surface area contributed by atoms with Gasteiger partial charge in [0.2, 0.25) is 5.91 Å². The monoisotopic (exact) mass is 407 g/mol. The summed E-state index contributed by atoms with van der Waals surface area (Å²) in [5.74, 6) is -0.143. The number of amides is 2. The van der Waals surface area contributed by atoms with E-state index < -0.39 is 6.04 Å². The van der Waals surface area contributed by atoms with Gasteiger partial charge in [0.1, 0.15) is 6.04 Å². The van der Waals surface area contributed by atoms with Crippen molar-refractivity contribution < 1.29 is 9.59 Å². The van der Waals surface area contributed by atoms with E-state index in [1.807, 2.05) is 41.8 Å². The summed E-state index contributed by atoms with van der Waals surface area (Å²) in [6.45, 7) is 4.37. The molecule has 0 aliphatic carbocycles. The second kappa shape index (κ2) is 10.4. The van der Waals surface area contributed by atoms with Gasteiger partial charge in [0, 0.05) is 18.8 Å². The quantitative estimate of drug-likeness (QED) is 0.763. The van der Waals surface area contributed by atoms with Crippen molar-refractivity contribution in [2.24, 2.45) is 0 Å². The number of carbonyl (C=O) groups excluding carboxylic acids is 2. The molecule has 2 heterocycles. The molecule has 2 aromatic rings. The highest BCUT2D eigenvalue weighted by Gasteiger charge is 2.33. The maximum atomic E-state index is 12.9. The number of hydrogen-bond donors (Lipinski definition) is 2. The van der Waals surface area contributed by atoms with Crippen molar-refractivity contribution in [2.75, 3.05) is 18.4 Å². The molecular formula is C20H26ClN3O2S. The summed E-state index contributed by atoms with van der Waals surface area (Å²) in [4.78, 5) is 28.0. The first kappa shape index (κ1) is 21.4. The lowest BCUT2D eigenvalue weighted by molar-refractivity contribution is -0.121. The van der Waals surface area contributed by atoms with Crippen molar-refractivity contribution in [2.45, 2.75) is 38.8 Å². The summed E-state index contributed by atoms with van der Waals surface area (Å²) < 4.78 is 0. The van der Waals surface area contributed by atoms with Crippen molar-refractivity contribution in [3.8, 4) is 0 Å². The molecule has 27 heavy (non-hydrogen) atoms. The van der Waals surface area contributed by atoms with Gasteiger partial charge in [0.25, 0.3) is 5.91 Å². The van der Waals surface area contributed by atoms with E-state index in [0.29, 0.717) is 17.8 Å². The van der Waals surface area contributed by atoms with Crippen LogP contribution in [0.2, 0.25) is 0 Å². The molecule has 1 aromatic carbocycles. The van der Waals surface area contributed by atoms with Crippen molar-refractivity contribution in [3.05, 3.63) is 52.2 Å². The molecule has 146 valence electrons. The van der Waals surface area contributed by atoms with Crippen LogP contribution in [0.1, 0.15) is 41.4 Å². The number of likely N-dealkylation sites (tertiary alicyclic amines) is 1. The van der Waals surface area contributed by atoms with Crippen molar-refractivity contribution >= 4 is 41.2 Å². The van der Waals surface area contributed by atoms with Crippen LogP contribution in [0.15, 0.2) is 41.8 Å². The van der Waals surface area contributed by atoms with Crippen molar-refractivity contribution in [1.82, 2.24) is 10.2 Å². The smallest absolute Gasteiger partial charge is 0.264 e. The summed E-state index contributed by atoms with van der Waals surface area (Å²) in [5, 5.41) is 8.17. The van der Waals surface area contributed by atoms with Crippen LogP contribution in [0.5, 0.6) is 0 Å². The van der Waals surface area contributed by atoms with Crippen LogP contribution in [0.3, 0.4) is 0 Å². The van der Waals surface area contributed by atoms with Gasteiger partial charge < -0.3 is 15.5 Å². The zero-order valence-corrected chi connectivity index (χ0v) is 17.1. The molecule has 0 radical (unpaired) electrons. The standard InChI is InChI=1S/C20H25N3O2S.ClH/c1-2-21-14-15-7-5-8-16(13-15)22-19(24)17-9-3-4-11-23(17)20(25)18-10-6-12-26-18;/h5-8,10,12-13,17,21H,2-4,9,11,14H2,1H3,(H,22,24);1H. The largest absolute Gasteiger partial charge is 0.326 e. The molecule has 1 atom stereocenters. The van der Waals surface area contributed by atoms with Crippen LogP contribution in [-0.4, -0.2) is 35.8 Å². The van der Waals surface area contributed by atoms with Crippen LogP contribution in [0, 0.1) is 0 Å². The maximum Gasteiger partial charge on any atom is 0.264 e. The number of rotatable bonds is 6. The number of nitrogens with one attached hydrogen (secondary N) is 2. The maximum absolute atomic E-state index is 12.9. The average Bonchev–Trinajstić information content (AvgIpc) is 3.21. The summed E-state index contributed by atoms with van der Waals surface area (Å²) in [6.07, 6.45) is 2.62. The van der Waals surface area contributed by atoms with E-state index in [9.17, 15) is 9.59 Å². The Morgan fingerprint density at radius 2 is 2.07 bits per heavy atom. The van der Waals surface area contributed by atoms with Gasteiger partial charge in [-0.15, -0.1) is 23.7 Å². The first-order chi connectivity index (χ1) is 12.7. The summed E-state index contributed by atoms with van der Waals surface area (Å²) >= 11 is 1.42. The van der Waals surface area contributed by atoms with Gasteiger partial charge in [-0.05, 0) is 54.9 Å². The third-order valence-electron chi connectivity index (χ3n) is 4.57. The number of thiophene rings is 1. The molecule has 1 saturated heterocycles. The van der Waals surface area contributed by atoms with Crippen LogP contribution in [0.4, 0.5) is 5.69 Å². The number of anilines is 1. The van der Waals surface area contributed by atoms with Crippen molar-refractivity contribution in [3.63, 3.8) is 0 Å². The number of piperidine rings is 1. The Bertz CT molecular complexity index is 751. The third kappa shape index (κ3) is 5.54. The van der Waals surface area contributed by atoms with E-state index in [0.717, 1.165) is 37.2 Å². The molecule has 1 unspecified atom stereocenters. The molecule has 0 bridgehead atoms. The first-order valence-electron chi connectivity index (χ1n) is 9.14. The van der Waals surface area contributed by atoms with Crippen LogP contribution in [-0.2, 0) is 11.3 Å². The molecule has 2 amide bonds. The van der Waals surface area contributed by atoms with Crippen molar-refractivity contribution in [1.29, 1.82) is 0 Å². The Hall–Kier alpha value is -1.89. The normalized spacial score (nSPS) is 16.5. The number of halogens is 1. The molecule has 3 rings (SSSR count). The number of carbonyl (C=O) groups is 2. The zero-order valence-electron chi connectivity index (χ0n) is 15.4. The Morgan fingerprint density at radius 3 is 2.81 bits per heavy atom. The Morgan fingerprint density at radius 1 is 1.22 bits per heavy atom.